The second kappa shape index (κ2) is 8.50. The van der Waals surface area contributed by atoms with Crippen molar-refractivity contribution in [2.75, 3.05) is 20.8 Å². The molecular weight excluding hydrogens is 286 g/mol. The number of ether oxygens (including phenoxy) is 2. The minimum absolute atomic E-state index is 0.201. The van der Waals surface area contributed by atoms with Gasteiger partial charge in [-0.15, -0.1) is 0 Å². The van der Waals surface area contributed by atoms with Crippen molar-refractivity contribution in [3.63, 3.8) is 0 Å². The van der Waals surface area contributed by atoms with Crippen LogP contribution in [0.15, 0.2) is 12.1 Å². The van der Waals surface area contributed by atoms with Gasteiger partial charge in [0.25, 0.3) is 0 Å². The molecule has 3 nitrogen and oxygen atoms in total. The molecule has 0 amide bonds. The van der Waals surface area contributed by atoms with Gasteiger partial charge in [-0.3, -0.25) is 0 Å². The van der Waals surface area contributed by atoms with Crippen LogP contribution in [0.4, 0.5) is 0 Å². The van der Waals surface area contributed by atoms with Crippen LogP contribution in [0.25, 0.3) is 0 Å². The van der Waals surface area contributed by atoms with Gasteiger partial charge in [-0.1, -0.05) is 24.1 Å². The van der Waals surface area contributed by atoms with Gasteiger partial charge in [0.05, 0.1) is 14.2 Å². The van der Waals surface area contributed by atoms with E-state index in [1.54, 1.807) is 14.2 Å². The molecule has 1 rings (SSSR count). The first-order chi connectivity index (χ1) is 9.89. The Morgan fingerprint density at radius 3 is 2.33 bits per heavy atom. The molecule has 1 N–H and O–H groups in total. The highest BCUT2D eigenvalue weighted by Gasteiger charge is 2.12. The van der Waals surface area contributed by atoms with Crippen LogP contribution < -0.4 is 14.8 Å². The lowest BCUT2D eigenvalue weighted by atomic mass is 10.0. The van der Waals surface area contributed by atoms with Gasteiger partial charge < -0.3 is 14.8 Å². The summed E-state index contributed by atoms with van der Waals surface area (Å²) >= 11 is 6.27. The molecule has 1 aromatic rings. The summed E-state index contributed by atoms with van der Waals surface area (Å²) in [5.41, 5.74) is 1.35. The third-order valence-corrected chi connectivity index (χ3v) is 3.70. The number of methoxy groups -OCH3 is 2. The average molecular weight is 314 g/mol. The molecule has 0 aliphatic rings. The van der Waals surface area contributed by atoms with Crippen molar-refractivity contribution in [2.45, 2.75) is 52.0 Å². The molecule has 0 atom stereocenters. The lowest BCUT2D eigenvalue weighted by Gasteiger charge is -2.20. The fourth-order valence-electron chi connectivity index (χ4n) is 2.23. The zero-order chi connectivity index (χ0) is 15.9. The van der Waals surface area contributed by atoms with Crippen LogP contribution in [-0.2, 0) is 6.42 Å². The van der Waals surface area contributed by atoms with Crippen LogP contribution >= 0.6 is 11.6 Å². The molecule has 0 fully saturated rings. The Kier molecular flexibility index (Phi) is 7.33. The van der Waals surface area contributed by atoms with Crippen LogP contribution in [-0.4, -0.2) is 26.3 Å². The Labute approximate surface area is 134 Å². The summed E-state index contributed by atoms with van der Waals surface area (Å²) in [6, 6.07) is 3.94. The van der Waals surface area contributed by atoms with Crippen molar-refractivity contribution in [1.82, 2.24) is 5.32 Å². The molecule has 21 heavy (non-hydrogen) atoms. The van der Waals surface area contributed by atoms with Gasteiger partial charge in [0.2, 0.25) is 0 Å². The number of unbranched alkanes of at least 4 members (excludes halogenated alkanes) is 2. The molecule has 4 heteroatoms. The number of hydrogen-bond acceptors (Lipinski definition) is 3. The summed E-state index contributed by atoms with van der Waals surface area (Å²) in [6.07, 6.45) is 4.48. The molecule has 0 aliphatic carbocycles. The number of benzene rings is 1. The van der Waals surface area contributed by atoms with E-state index >= 15 is 0 Å². The molecule has 0 saturated carbocycles. The van der Waals surface area contributed by atoms with E-state index in [2.05, 4.69) is 26.1 Å². The Hall–Kier alpha value is -0.930. The summed E-state index contributed by atoms with van der Waals surface area (Å²) in [7, 11) is 3.26. The van der Waals surface area contributed by atoms with Crippen molar-refractivity contribution >= 4 is 11.6 Å². The molecule has 0 bridgehead atoms. The molecular formula is C17H28ClNO2. The van der Waals surface area contributed by atoms with Gasteiger partial charge in [0.1, 0.15) is 16.5 Å². The lowest BCUT2D eigenvalue weighted by Crippen LogP contribution is -2.36. The minimum Gasteiger partial charge on any atom is -0.495 e. The Balaban J connectivity index is 2.44. The van der Waals surface area contributed by atoms with Crippen LogP contribution in [0, 0.1) is 0 Å². The molecule has 0 heterocycles. The Bertz CT molecular complexity index is 441. The molecule has 120 valence electrons. The van der Waals surface area contributed by atoms with Crippen molar-refractivity contribution in [2.24, 2.45) is 0 Å². The van der Waals surface area contributed by atoms with Crippen molar-refractivity contribution in [1.29, 1.82) is 0 Å². The van der Waals surface area contributed by atoms with Crippen LogP contribution in [0.5, 0.6) is 11.5 Å². The number of rotatable bonds is 8. The topological polar surface area (TPSA) is 30.5 Å². The quantitative estimate of drug-likeness (QED) is 0.719. The summed E-state index contributed by atoms with van der Waals surface area (Å²) in [5, 5.41) is 4.07. The van der Waals surface area contributed by atoms with Crippen LogP contribution in [0.1, 0.15) is 45.6 Å². The normalized spacial score (nSPS) is 11.5. The maximum atomic E-state index is 6.27. The van der Waals surface area contributed by atoms with E-state index in [0.29, 0.717) is 10.8 Å². The van der Waals surface area contributed by atoms with Crippen molar-refractivity contribution in [3.05, 3.63) is 22.7 Å². The first kappa shape index (κ1) is 18.1. The van der Waals surface area contributed by atoms with Gasteiger partial charge in [0, 0.05) is 5.54 Å². The van der Waals surface area contributed by atoms with Crippen molar-refractivity contribution < 1.29 is 9.47 Å². The molecule has 0 aromatic heterocycles. The lowest BCUT2D eigenvalue weighted by molar-refractivity contribution is 0.390. The zero-order valence-electron chi connectivity index (χ0n) is 13.9. The SMILES string of the molecule is COc1ccc(CCCCCNC(C)(C)C)c(OC)c1Cl. The van der Waals surface area contributed by atoms with Gasteiger partial charge in [-0.05, 0) is 58.2 Å². The highest BCUT2D eigenvalue weighted by atomic mass is 35.5. The molecule has 0 spiro atoms. The Morgan fingerprint density at radius 2 is 1.76 bits per heavy atom. The summed E-state index contributed by atoms with van der Waals surface area (Å²) in [4.78, 5) is 0. The van der Waals surface area contributed by atoms with E-state index in [0.717, 1.165) is 30.7 Å². The van der Waals surface area contributed by atoms with Crippen LogP contribution in [0.3, 0.4) is 0 Å². The molecule has 1 aromatic carbocycles. The monoisotopic (exact) mass is 313 g/mol. The maximum Gasteiger partial charge on any atom is 0.144 e. The second-order valence-corrected chi connectivity index (χ2v) is 6.64. The number of nitrogens with one attached hydrogen (secondary N) is 1. The fourth-order valence-corrected chi connectivity index (χ4v) is 2.57. The number of aryl methyl sites for hydroxylation is 1. The van der Waals surface area contributed by atoms with Gasteiger partial charge in [-0.25, -0.2) is 0 Å². The van der Waals surface area contributed by atoms with E-state index in [-0.39, 0.29) is 5.54 Å². The van der Waals surface area contributed by atoms with Gasteiger partial charge in [0.15, 0.2) is 0 Å². The Morgan fingerprint density at radius 1 is 1.05 bits per heavy atom. The zero-order valence-corrected chi connectivity index (χ0v) is 14.6. The predicted octanol–water partition coefficient (Wildman–Crippen LogP) is 4.46. The van der Waals surface area contributed by atoms with E-state index in [9.17, 15) is 0 Å². The highest BCUT2D eigenvalue weighted by Crippen LogP contribution is 2.37. The smallest absolute Gasteiger partial charge is 0.144 e. The minimum atomic E-state index is 0.201. The van der Waals surface area contributed by atoms with E-state index in [1.165, 1.54) is 12.8 Å². The third-order valence-electron chi connectivity index (χ3n) is 3.35. The van der Waals surface area contributed by atoms with E-state index in [4.69, 9.17) is 21.1 Å². The highest BCUT2D eigenvalue weighted by molar-refractivity contribution is 6.33. The first-order valence-corrected chi connectivity index (χ1v) is 7.91. The molecule has 0 unspecified atom stereocenters. The van der Waals surface area contributed by atoms with Gasteiger partial charge >= 0.3 is 0 Å². The fraction of sp³-hybridized carbons (Fsp3) is 0.647. The summed E-state index contributed by atoms with van der Waals surface area (Å²) < 4.78 is 10.6. The maximum absolute atomic E-state index is 6.27. The van der Waals surface area contributed by atoms with Crippen molar-refractivity contribution in [3.8, 4) is 11.5 Å². The average Bonchev–Trinajstić information content (AvgIpc) is 2.41. The van der Waals surface area contributed by atoms with E-state index < -0.39 is 0 Å². The molecule has 0 aliphatic heterocycles. The predicted molar refractivity (Wildman–Crippen MR) is 89.9 cm³/mol. The van der Waals surface area contributed by atoms with Gasteiger partial charge in [-0.2, -0.15) is 0 Å². The number of hydrogen-bond donors (Lipinski definition) is 1. The molecule has 0 radical (unpaired) electrons. The second-order valence-electron chi connectivity index (χ2n) is 6.26. The largest absolute Gasteiger partial charge is 0.495 e. The number of halogens is 1. The first-order valence-electron chi connectivity index (χ1n) is 7.53. The van der Waals surface area contributed by atoms with E-state index in [1.807, 2.05) is 12.1 Å². The van der Waals surface area contributed by atoms with Crippen LogP contribution in [0.2, 0.25) is 5.02 Å². The summed E-state index contributed by atoms with van der Waals surface area (Å²) in [6.45, 7) is 7.63. The standard InChI is InChI=1S/C17H28ClNO2/c1-17(2,3)19-12-8-6-7-9-13-10-11-14(20-4)15(18)16(13)21-5/h10-11,19H,6-9,12H2,1-5H3. The molecule has 0 saturated heterocycles. The summed E-state index contributed by atoms with van der Waals surface area (Å²) in [5.74, 6) is 1.40. The third kappa shape index (κ3) is 6.15.